The molecule has 8 N–H and O–H groups in total. The summed E-state index contributed by atoms with van der Waals surface area (Å²) >= 11 is 10.2. The number of ether oxygens (including phenoxy) is 8. The first-order valence-electron chi connectivity index (χ1n) is 26.5. The third-order valence-corrected chi connectivity index (χ3v) is 19.3. The van der Waals surface area contributed by atoms with Crippen LogP contribution in [0.4, 0.5) is 11.6 Å². The first-order chi connectivity index (χ1) is 43.6. The number of fused-ring (bicyclic) bond motifs is 2. The van der Waals surface area contributed by atoms with Crippen LogP contribution >= 0.6 is 29.1 Å². The molecule has 0 amide bonds. The van der Waals surface area contributed by atoms with Gasteiger partial charge in [-0.25, -0.2) is 39.5 Å². The van der Waals surface area contributed by atoms with E-state index in [0.29, 0.717) is 11.2 Å². The largest absolute Gasteiger partial charge is 0.780 e. The fraction of sp³-hybridized carbons (Fsp3) is 0.591. The zero-order chi connectivity index (χ0) is 66.8. The van der Waals surface area contributed by atoms with E-state index in [1.807, 2.05) is 4.98 Å². The second kappa shape index (κ2) is 29.5. The lowest BCUT2D eigenvalue weighted by Gasteiger charge is -2.36. The zero-order valence-electron chi connectivity index (χ0n) is 48.4. The lowest BCUT2D eigenvalue weighted by Crippen LogP contribution is -2.41. The van der Waals surface area contributed by atoms with Crippen molar-refractivity contribution in [3.63, 3.8) is 0 Å². The van der Waals surface area contributed by atoms with Crippen LogP contribution in [-0.2, 0) is 107 Å². The number of imidazole rings is 2. The molecule has 0 radical (unpaired) electrons. The molecule has 0 saturated carbocycles. The van der Waals surface area contributed by atoms with Gasteiger partial charge in [-0.05, 0) is 0 Å². The number of aliphatic hydroxyl groups excluding tert-OH is 2. The van der Waals surface area contributed by atoms with Gasteiger partial charge in [-0.1, -0.05) is 23.6 Å². The van der Waals surface area contributed by atoms with E-state index in [9.17, 15) is 58.1 Å². The highest BCUT2D eigenvalue weighted by Gasteiger charge is 2.53. The molecule has 0 spiro atoms. The molecule has 0 aromatic carbocycles. The van der Waals surface area contributed by atoms with Crippen LogP contribution in [0.1, 0.15) is 24.9 Å². The highest BCUT2D eigenvalue weighted by molar-refractivity contribution is 8.06. The number of nitrogens with two attached hydrogens (primary N) is 2. The van der Waals surface area contributed by atoms with Gasteiger partial charge in [0.1, 0.15) is 110 Å². The quantitative estimate of drug-likeness (QED) is 0.0276. The number of aromatic nitrogens is 12. The number of anilines is 2. The molecule has 10 rings (SSSR count). The van der Waals surface area contributed by atoms with Gasteiger partial charge >= 0.3 is 11.4 Å². The smallest absolute Gasteiger partial charge is 0.330 e. The molecule has 10 heterocycles. The minimum atomic E-state index is -5.39. The Kier molecular flexibility index (Phi) is 22.9. The SMILES string of the molecule is COC[C@H]1O[C@@H](n2cnc3c(N)ncnc32)[C@@H](O)C1OP(=O)([O-])OC[C@H]1O[C@@H](n2ccc(=O)[nH]c2=O)[C@@H](O)C1OP(=O)([O-])OC.COC[C@H]1O[C@@H](n2cnc3c(N)ncnc32)[C@@H](OC)C1OP([O-])(=S)OC[C@H]1O[C@@H](n2ccc(=O)[nH]c2=O)[C@@H](OC)C1OP([O-])(=S)OC. The summed E-state index contributed by atoms with van der Waals surface area (Å²) in [6, 6.07) is 2.02. The number of rotatable bonds is 26. The van der Waals surface area contributed by atoms with Gasteiger partial charge in [0.05, 0.1) is 39.1 Å². The number of phosphoric ester groups is 2. The number of hydrogen-bond donors (Lipinski definition) is 6. The number of aliphatic hydroxyl groups is 2. The van der Waals surface area contributed by atoms with E-state index < -0.39 is 163 Å². The number of methoxy groups -OCH3 is 4. The standard InChI is InChI=1S/C23H33N7O13P2S2.C21H29N7O15P2/c1-35-7-11-15(18(37-3)22(40-11)30-10-27-14-19(24)25-9-26-20(14)30)43-45(34,47)39-8-12-16(42-44(33,46)38-4)17(36-2)21(41-12)29-6-5-13(31)28-23(29)32;1-37-5-9-15(14(31)20(40-9)28-8-25-12-17(22)23-7-24-18(12)28)43-45(35,36)39-6-10-16(42-44(33,34)38-2)13(30)19(41-10)27-4-3-11(29)26-21(27)32/h5-6,9-12,15-18,21-22H,7-8H2,1-4H3,(H,33,46)(H,34,47)(H2,24,25,26)(H,28,31,32);3-4,7-10,13-16,19-20,30-31H,5-6H2,1-2H3,(H,33,34)(H,35,36)(H2,22,23,24)(H,26,29,32)/p-4/t11-,12-,15?,16?,17+,18+,21-,22-,44?,45?;9-,10-,13+,14+,15?,16?,19-,20-/m11/s1. The lowest BCUT2D eigenvalue weighted by molar-refractivity contribution is -0.238. The fourth-order valence-corrected chi connectivity index (χ4v) is 14.0. The summed E-state index contributed by atoms with van der Waals surface area (Å²) in [6.07, 6.45) is -14.2. The minimum Gasteiger partial charge on any atom is -0.780 e. The summed E-state index contributed by atoms with van der Waals surface area (Å²) in [5.74, 6) is 0.209. The Morgan fingerprint density at radius 3 is 1.39 bits per heavy atom. The summed E-state index contributed by atoms with van der Waals surface area (Å²) in [5, 5.41) is 21.9. The van der Waals surface area contributed by atoms with E-state index in [-0.39, 0.29) is 36.0 Å². The number of phosphoric acid groups is 2. The second-order valence-corrected chi connectivity index (χ2v) is 28.1. The Hall–Kier alpha value is -5.06. The predicted molar refractivity (Wildman–Crippen MR) is 304 cm³/mol. The molecule has 42 nitrogen and oxygen atoms in total. The predicted octanol–water partition coefficient (Wildman–Crippen LogP) is -5.48. The molecule has 92 heavy (non-hydrogen) atoms. The van der Waals surface area contributed by atoms with Crippen LogP contribution in [0.25, 0.3) is 22.3 Å². The Balaban J connectivity index is 0.000000218. The van der Waals surface area contributed by atoms with Crippen LogP contribution in [0, 0.1) is 0 Å². The Bertz CT molecular complexity index is 4020. The molecule has 0 bridgehead atoms. The third-order valence-electron chi connectivity index (χ3n) is 14.2. The highest BCUT2D eigenvalue weighted by atomic mass is 32.5. The van der Waals surface area contributed by atoms with Crippen LogP contribution in [0.2, 0.25) is 0 Å². The van der Waals surface area contributed by atoms with E-state index in [2.05, 4.69) is 39.4 Å². The molecule has 4 aliphatic rings. The molecular weight excluding hydrogens is 1360 g/mol. The summed E-state index contributed by atoms with van der Waals surface area (Å²) in [4.78, 5) is 128. The maximum atomic E-state index is 13.7. The lowest BCUT2D eigenvalue weighted by atomic mass is 10.1. The normalized spacial score (nSPS) is 30.8. The van der Waals surface area contributed by atoms with Crippen LogP contribution in [0.15, 0.2) is 69.0 Å². The number of nitrogen functional groups attached to an aromatic ring is 2. The van der Waals surface area contributed by atoms with Gasteiger partial charge in [-0.15, -0.1) is 0 Å². The van der Waals surface area contributed by atoms with Crippen molar-refractivity contribution in [3.8, 4) is 0 Å². The number of aromatic amines is 2. The molecule has 4 aliphatic heterocycles. The third kappa shape index (κ3) is 15.7. The van der Waals surface area contributed by atoms with E-state index in [4.69, 9.17) is 105 Å². The van der Waals surface area contributed by atoms with Crippen LogP contribution in [0.5, 0.6) is 0 Å². The maximum absolute atomic E-state index is 13.7. The van der Waals surface area contributed by atoms with Gasteiger partial charge in [0, 0.05) is 67.2 Å². The van der Waals surface area contributed by atoms with Crippen molar-refractivity contribution in [2.45, 2.75) is 98.2 Å². The second-order valence-electron chi connectivity index (χ2n) is 19.8. The van der Waals surface area contributed by atoms with E-state index >= 15 is 0 Å². The molecule has 4 saturated heterocycles. The Morgan fingerprint density at radius 2 is 0.924 bits per heavy atom. The first kappa shape index (κ1) is 71.2. The van der Waals surface area contributed by atoms with Gasteiger partial charge in [0.15, 0.2) is 47.8 Å². The van der Waals surface area contributed by atoms with E-state index in [1.165, 1.54) is 58.2 Å². The maximum Gasteiger partial charge on any atom is 0.330 e. The molecule has 20 atom stereocenters. The monoisotopic (exact) mass is 1420 g/mol. The molecule has 508 valence electrons. The summed E-state index contributed by atoms with van der Waals surface area (Å²) in [6.45, 7) is -10.3. The van der Waals surface area contributed by atoms with Gasteiger partial charge in [0.25, 0.3) is 26.8 Å². The summed E-state index contributed by atoms with van der Waals surface area (Å²) in [5.41, 5.74) is 9.52. The van der Waals surface area contributed by atoms with Crippen LogP contribution in [0.3, 0.4) is 0 Å². The molecular formula is C44H58N14O28P4S2-4. The Morgan fingerprint density at radius 1 is 0.522 bits per heavy atom. The fourth-order valence-electron chi connectivity index (χ4n) is 10.1. The van der Waals surface area contributed by atoms with E-state index in [1.54, 1.807) is 4.57 Å². The highest BCUT2D eigenvalue weighted by Crippen LogP contribution is 2.51. The molecule has 8 unspecified atom stereocenters. The topological polar surface area (TPSA) is 563 Å². The van der Waals surface area contributed by atoms with Crippen LogP contribution in [-0.4, -0.2) is 211 Å². The van der Waals surface area contributed by atoms with Gasteiger partial charge in [-0.3, -0.25) is 47.0 Å². The van der Waals surface area contributed by atoms with Gasteiger partial charge < -0.3 is 115 Å². The summed E-state index contributed by atoms with van der Waals surface area (Å²) in [7, 11) is -3.18. The average Bonchev–Trinajstić information content (AvgIpc) is 1.64. The molecule has 6 aromatic rings. The number of nitrogens with one attached hydrogen (secondary N) is 2. The number of nitrogens with zero attached hydrogens (tertiary/aromatic N) is 10. The minimum absolute atomic E-state index is 0.0159. The number of H-pyrrole nitrogens is 2. The van der Waals surface area contributed by atoms with Crippen molar-refractivity contribution in [1.29, 1.82) is 0 Å². The van der Waals surface area contributed by atoms with Crippen LogP contribution < -0.4 is 53.5 Å². The molecule has 6 aromatic heterocycles. The molecule has 48 heteroatoms. The molecule has 0 aliphatic carbocycles. The Labute approximate surface area is 526 Å². The van der Waals surface area contributed by atoms with Gasteiger partial charge in [-0.2, -0.15) is 0 Å². The molecule has 4 fully saturated rings. The van der Waals surface area contributed by atoms with Crippen molar-refractivity contribution >= 4 is 86.7 Å². The van der Waals surface area contributed by atoms with Crippen molar-refractivity contribution < 1.29 is 113 Å². The van der Waals surface area contributed by atoms with Crippen molar-refractivity contribution in [2.75, 3.05) is 80.6 Å². The number of hydrogen-bond acceptors (Lipinski definition) is 38. The van der Waals surface area contributed by atoms with Gasteiger partial charge in [0.2, 0.25) is 0 Å². The average molecular weight is 1420 g/mol. The summed E-state index contributed by atoms with van der Waals surface area (Å²) < 4.78 is 116. The zero-order valence-corrected chi connectivity index (χ0v) is 53.6. The van der Waals surface area contributed by atoms with Crippen molar-refractivity contribution in [2.24, 2.45) is 0 Å². The van der Waals surface area contributed by atoms with E-state index in [0.717, 1.165) is 48.0 Å². The van der Waals surface area contributed by atoms with Crippen molar-refractivity contribution in [1.82, 2.24) is 58.1 Å². The van der Waals surface area contributed by atoms with Crippen molar-refractivity contribution in [3.05, 3.63) is 91.5 Å². The first-order valence-corrected chi connectivity index (χ1v) is 34.5.